The highest BCUT2D eigenvalue weighted by molar-refractivity contribution is 5.71. The van der Waals surface area contributed by atoms with E-state index in [9.17, 15) is 4.79 Å². The second-order valence-corrected chi connectivity index (χ2v) is 3.79. The van der Waals surface area contributed by atoms with E-state index in [2.05, 4.69) is 22.8 Å². The van der Waals surface area contributed by atoms with Crippen molar-refractivity contribution in [2.24, 2.45) is 5.73 Å². The van der Waals surface area contributed by atoms with Gasteiger partial charge in [-0.05, 0) is 25.5 Å². The highest BCUT2D eigenvalue weighted by Gasteiger charge is 2.08. The summed E-state index contributed by atoms with van der Waals surface area (Å²) in [5, 5.41) is 5.77. The summed E-state index contributed by atoms with van der Waals surface area (Å²) in [6.07, 6.45) is 1.82. The van der Waals surface area contributed by atoms with Gasteiger partial charge in [-0.2, -0.15) is 0 Å². The molecule has 1 unspecified atom stereocenters. The first kappa shape index (κ1) is 12.5. The maximum atomic E-state index is 10.8. The molecule has 4 nitrogen and oxygen atoms in total. The van der Waals surface area contributed by atoms with Crippen molar-refractivity contribution in [1.82, 2.24) is 10.6 Å². The van der Waals surface area contributed by atoms with Gasteiger partial charge in [-0.1, -0.05) is 30.3 Å². The van der Waals surface area contributed by atoms with Crippen molar-refractivity contribution < 1.29 is 4.79 Å². The number of hydrogen-bond donors (Lipinski definition) is 3. The normalized spacial score (nSPS) is 12.1. The van der Waals surface area contributed by atoms with Crippen molar-refractivity contribution in [1.29, 1.82) is 0 Å². The highest BCUT2D eigenvalue weighted by Crippen LogP contribution is 2.04. The Morgan fingerprint density at radius 1 is 1.38 bits per heavy atom. The predicted octanol–water partition coefficient (Wildman–Crippen LogP) is 0.876. The minimum absolute atomic E-state index is 0.0858. The third-order valence-corrected chi connectivity index (χ3v) is 2.42. The van der Waals surface area contributed by atoms with Crippen LogP contribution >= 0.6 is 0 Å². The smallest absolute Gasteiger partial charge is 0.312 e. The molecule has 0 spiro atoms. The first-order valence-corrected chi connectivity index (χ1v) is 5.47. The Balaban J connectivity index is 2.40. The molecule has 0 bridgehead atoms. The van der Waals surface area contributed by atoms with Gasteiger partial charge >= 0.3 is 6.03 Å². The van der Waals surface area contributed by atoms with Crippen molar-refractivity contribution in [3.8, 4) is 0 Å². The van der Waals surface area contributed by atoms with Crippen LogP contribution in [0.5, 0.6) is 0 Å². The molecule has 1 rings (SSSR count). The summed E-state index contributed by atoms with van der Waals surface area (Å²) in [5.41, 5.74) is 6.39. The molecule has 4 heteroatoms. The lowest BCUT2D eigenvalue weighted by Crippen LogP contribution is -2.44. The summed E-state index contributed by atoms with van der Waals surface area (Å²) in [7, 11) is 1.86. The van der Waals surface area contributed by atoms with Gasteiger partial charge in [-0.15, -0.1) is 0 Å². The Morgan fingerprint density at radius 3 is 2.62 bits per heavy atom. The SMILES string of the molecule is CNCC(CCc1ccccc1)NC(N)=O. The van der Waals surface area contributed by atoms with Crippen LogP contribution < -0.4 is 16.4 Å². The first-order valence-electron chi connectivity index (χ1n) is 5.47. The molecule has 0 heterocycles. The average molecular weight is 221 g/mol. The second kappa shape index (κ2) is 6.85. The molecule has 2 amide bonds. The summed E-state index contributed by atoms with van der Waals surface area (Å²) < 4.78 is 0. The fraction of sp³-hybridized carbons (Fsp3) is 0.417. The molecule has 0 radical (unpaired) electrons. The number of carbonyl (C=O) groups excluding carboxylic acids is 1. The van der Waals surface area contributed by atoms with Gasteiger partial charge in [-0.25, -0.2) is 4.79 Å². The zero-order valence-corrected chi connectivity index (χ0v) is 9.57. The van der Waals surface area contributed by atoms with Crippen LogP contribution in [-0.2, 0) is 6.42 Å². The second-order valence-electron chi connectivity index (χ2n) is 3.79. The van der Waals surface area contributed by atoms with E-state index in [0.29, 0.717) is 0 Å². The summed E-state index contributed by atoms with van der Waals surface area (Å²) in [6, 6.07) is 9.82. The van der Waals surface area contributed by atoms with Crippen molar-refractivity contribution in [2.75, 3.05) is 13.6 Å². The van der Waals surface area contributed by atoms with Crippen molar-refractivity contribution >= 4 is 6.03 Å². The van der Waals surface area contributed by atoms with E-state index < -0.39 is 6.03 Å². The fourth-order valence-electron chi connectivity index (χ4n) is 1.66. The Kier molecular flexibility index (Phi) is 5.36. The number of primary amides is 1. The summed E-state index contributed by atoms with van der Waals surface area (Å²) in [6.45, 7) is 0.732. The molecular weight excluding hydrogens is 202 g/mol. The van der Waals surface area contributed by atoms with Crippen LogP contribution in [0.15, 0.2) is 30.3 Å². The van der Waals surface area contributed by atoms with Crippen LogP contribution in [0.4, 0.5) is 4.79 Å². The number of nitrogens with two attached hydrogens (primary N) is 1. The molecule has 0 fully saturated rings. The number of likely N-dealkylation sites (N-methyl/N-ethyl adjacent to an activating group) is 1. The lowest BCUT2D eigenvalue weighted by Gasteiger charge is -2.16. The minimum Gasteiger partial charge on any atom is -0.352 e. The van der Waals surface area contributed by atoms with Crippen LogP contribution in [0.3, 0.4) is 0 Å². The van der Waals surface area contributed by atoms with Gasteiger partial charge in [0.15, 0.2) is 0 Å². The lowest BCUT2D eigenvalue weighted by molar-refractivity contribution is 0.244. The molecular formula is C12H19N3O. The first-order chi connectivity index (χ1) is 7.72. The van der Waals surface area contributed by atoms with E-state index in [4.69, 9.17) is 5.73 Å². The lowest BCUT2D eigenvalue weighted by atomic mass is 10.1. The maximum absolute atomic E-state index is 10.8. The molecule has 4 N–H and O–H groups in total. The van der Waals surface area contributed by atoms with E-state index in [0.717, 1.165) is 19.4 Å². The minimum atomic E-state index is -0.465. The molecule has 16 heavy (non-hydrogen) atoms. The largest absolute Gasteiger partial charge is 0.352 e. The number of nitrogens with one attached hydrogen (secondary N) is 2. The molecule has 0 saturated heterocycles. The topological polar surface area (TPSA) is 67.2 Å². The maximum Gasteiger partial charge on any atom is 0.312 e. The van der Waals surface area contributed by atoms with Crippen LogP contribution in [0, 0.1) is 0 Å². The average Bonchev–Trinajstić information content (AvgIpc) is 2.27. The van der Waals surface area contributed by atoms with Crippen LogP contribution in [0.2, 0.25) is 0 Å². The van der Waals surface area contributed by atoms with E-state index in [1.807, 2.05) is 25.2 Å². The Morgan fingerprint density at radius 2 is 2.06 bits per heavy atom. The van der Waals surface area contributed by atoms with E-state index in [1.165, 1.54) is 5.56 Å². The third kappa shape index (κ3) is 4.79. The van der Waals surface area contributed by atoms with E-state index >= 15 is 0 Å². The summed E-state index contributed by atoms with van der Waals surface area (Å²) in [5.74, 6) is 0. The Labute approximate surface area is 96.2 Å². The molecule has 0 aromatic heterocycles. The molecule has 88 valence electrons. The Bertz CT molecular complexity index is 313. The van der Waals surface area contributed by atoms with Gasteiger partial charge < -0.3 is 16.4 Å². The zero-order valence-electron chi connectivity index (χ0n) is 9.57. The standard InChI is InChI=1S/C12H19N3O/c1-14-9-11(15-12(13)16)8-7-10-5-3-2-4-6-10/h2-6,11,14H,7-9H2,1H3,(H3,13,15,16). The van der Waals surface area contributed by atoms with Gasteiger partial charge in [0, 0.05) is 12.6 Å². The molecule has 1 atom stereocenters. The number of aryl methyl sites for hydroxylation is 1. The summed E-state index contributed by atoms with van der Waals surface area (Å²) >= 11 is 0. The third-order valence-electron chi connectivity index (χ3n) is 2.42. The monoisotopic (exact) mass is 221 g/mol. The van der Waals surface area contributed by atoms with Crippen molar-refractivity contribution in [2.45, 2.75) is 18.9 Å². The fourth-order valence-corrected chi connectivity index (χ4v) is 1.66. The van der Waals surface area contributed by atoms with Crippen LogP contribution in [0.1, 0.15) is 12.0 Å². The van der Waals surface area contributed by atoms with Crippen molar-refractivity contribution in [3.05, 3.63) is 35.9 Å². The van der Waals surface area contributed by atoms with E-state index in [-0.39, 0.29) is 6.04 Å². The number of amides is 2. The molecule has 0 saturated carbocycles. The van der Waals surface area contributed by atoms with Gasteiger partial charge in [-0.3, -0.25) is 0 Å². The van der Waals surface area contributed by atoms with E-state index in [1.54, 1.807) is 0 Å². The van der Waals surface area contributed by atoms with Gasteiger partial charge in [0.1, 0.15) is 0 Å². The zero-order chi connectivity index (χ0) is 11.8. The van der Waals surface area contributed by atoms with Gasteiger partial charge in [0.05, 0.1) is 0 Å². The highest BCUT2D eigenvalue weighted by atomic mass is 16.2. The predicted molar refractivity (Wildman–Crippen MR) is 65.2 cm³/mol. The van der Waals surface area contributed by atoms with Crippen LogP contribution in [-0.4, -0.2) is 25.7 Å². The molecule has 0 aliphatic rings. The number of carbonyl (C=O) groups is 1. The van der Waals surface area contributed by atoms with Gasteiger partial charge in [0.2, 0.25) is 0 Å². The molecule has 1 aromatic rings. The molecule has 0 aliphatic heterocycles. The number of urea groups is 1. The number of rotatable bonds is 6. The number of hydrogen-bond acceptors (Lipinski definition) is 2. The number of benzene rings is 1. The van der Waals surface area contributed by atoms with Crippen molar-refractivity contribution in [3.63, 3.8) is 0 Å². The molecule has 0 aliphatic carbocycles. The quantitative estimate of drug-likeness (QED) is 0.667. The molecule has 1 aromatic carbocycles. The Hall–Kier alpha value is -1.55. The summed E-state index contributed by atoms with van der Waals surface area (Å²) in [4.78, 5) is 10.8. The van der Waals surface area contributed by atoms with Gasteiger partial charge in [0.25, 0.3) is 0 Å². The van der Waals surface area contributed by atoms with Crippen LogP contribution in [0.25, 0.3) is 0 Å².